The van der Waals surface area contributed by atoms with Gasteiger partial charge in [-0.05, 0) is 18.9 Å². The zero-order chi connectivity index (χ0) is 13.0. The Hall–Kier alpha value is -1.80. The Kier molecular flexibility index (Phi) is 3.68. The highest BCUT2D eigenvalue weighted by Crippen LogP contribution is 2.28. The van der Waals surface area contributed by atoms with E-state index >= 15 is 0 Å². The predicted molar refractivity (Wildman–Crippen MR) is 69.9 cm³/mol. The van der Waals surface area contributed by atoms with Gasteiger partial charge in [-0.25, -0.2) is 4.98 Å². The number of hydrogen-bond acceptors (Lipinski definition) is 5. The molecular formula is C13H18N4O. The minimum atomic E-state index is -0.673. The summed E-state index contributed by atoms with van der Waals surface area (Å²) in [5.41, 5.74) is 5.78. The molecule has 1 heterocycles. The van der Waals surface area contributed by atoms with Crippen molar-refractivity contribution < 1.29 is 5.11 Å². The highest BCUT2D eigenvalue weighted by Gasteiger charge is 2.29. The van der Waals surface area contributed by atoms with Gasteiger partial charge in [0.15, 0.2) is 0 Å². The summed E-state index contributed by atoms with van der Waals surface area (Å²) < 4.78 is 0. The number of aromatic nitrogens is 1. The van der Waals surface area contributed by atoms with Gasteiger partial charge in [-0.3, -0.25) is 0 Å². The van der Waals surface area contributed by atoms with Gasteiger partial charge in [0.05, 0.1) is 23.0 Å². The standard InChI is InChI=1S/C13H18N4O/c14-7-10-6-11(15)8-16-12(10)17-9-13(18)4-2-1-3-5-13/h6,8,18H,1-5,9,15H2,(H,16,17). The monoisotopic (exact) mass is 246 g/mol. The van der Waals surface area contributed by atoms with Gasteiger partial charge in [-0.2, -0.15) is 5.26 Å². The van der Waals surface area contributed by atoms with E-state index < -0.39 is 5.60 Å². The molecule has 1 saturated carbocycles. The van der Waals surface area contributed by atoms with Crippen molar-refractivity contribution in [3.8, 4) is 6.07 Å². The molecule has 5 heteroatoms. The van der Waals surface area contributed by atoms with Gasteiger partial charge >= 0.3 is 0 Å². The van der Waals surface area contributed by atoms with Crippen LogP contribution in [0.5, 0.6) is 0 Å². The number of nitrogens with one attached hydrogen (secondary N) is 1. The molecule has 0 aromatic carbocycles. The van der Waals surface area contributed by atoms with Crippen molar-refractivity contribution in [3.05, 3.63) is 17.8 Å². The van der Waals surface area contributed by atoms with Crippen LogP contribution in [-0.4, -0.2) is 22.2 Å². The molecule has 0 saturated heterocycles. The van der Waals surface area contributed by atoms with E-state index in [2.05, 4.69) is 16.4 Å². The maximum atomic E-state index is 10.4. The molecule has 2 rings (SSSR count). The number of nitrogen functional groups attached to an aromatic ring is 1. The van der Waals surface area contributed by atoms with Crippen LogP contribution < -0.4 is 11.1 Å². The first-order chi connectivity index (χ1) is 8.63. The van der Waals surface area contributed by atoms with Crippen LogP contribution in [0, 0.1) is 11.3 Å². The molecule has 0 aliphatic heterocycles. The number of hydrogen-bond donors (Lipinski definition) is 3. The van der Waals surface area contributed by atoms with Crippen LogP contribution >= 0.6 is 0 Å². The molecule has 1 aliphatic rings. The van der Waals surface area contributed by atoms with Gasteiger partial charge in [0, 0.05) is 6.54 Å². The highest BCUT2D eigenvalue weighted by atomic mass is 16.3. The predicted octanol–water partition coefficient (Wildman–Crippen LogP) is 1.64. The normalized spacial score (nSPS) is 18.0. The molecule has 0 bridgehead atoms. The molecule has 96 valence electrons. The Morgan fingerprint density at radius 2 is 2.17 bits per heavy atom. The summed E-state index contributed by atoms with van der Waals surface area (Å²) in [6, 6.07) is 3.63. The second-order valence-corrected chi connectivity index (χ2v) is 4.92. The molecule has 18 heavy (non-hydrogen) atoms. The number of aliphatic hydroxyl groups is 1. The summed E-state index contributed by atoms with van der Waals surface area (Å²) in [5, 5.41) is 22.4. The summed E-state index contributed by atoms with van der Waals surface area (Å²) in [4.78, 5) is 4.09. The van der Waals surface area contributed by atoms with E-state index in [-0.39, 0.29) is 0 Å². The molecule has 5 nitrogen and oxygen atoms in total. The Bertz CT molecular complexity index is 461. The van der Waals surface area contributed by atoms with Gasteiger partial charge in [0.1, 0.15) is 11.9 Å². The summed E-state index contributed by atoms with van der Waals surface area (Å²) in [7, 11) is 0. The average Bonchev–Trinajstić information content (AvgIpc) is 2.38. The number of nitriles is 1. The van der Waals surface area contributed by atoms with Gasteiger partial charge in [-0.1, -0.05) is 19.3 Å². The molecule has 0 atom stereocenters. The lowest BCUT2D eigenvalue weighted by Gasteiger charge is -2.32. The first kappa shape index (κ1) is 12.7. The molecule has 1 fully saturated rings. The van der Waals surface area contributed by atoms with Crippen molar-refractivity contribution >= 4 is 11.5 Å². The van der Waals surface area contributed by atoms with Crippen molar-refractivity contribution in [3.63, 3.8) is 0 Å². The van der Waals surface area contributed by atoms with Gasteiger partial charge in [0.25, 0.3) is 0 Å². The van der Waals surface area contributed by atoms with E-state index in [1.807, 2.05) is 0 Å². The lowest BCUT2D eigenvalue weighted by atomic mass is 9.85. The average molecular weight is 246 g/mol. The molecule has 4 N–H and O–H groups in total. The topological polar surface area (TPSA) is 95.0 Å². The number of anilines is 2. The summed E-state index contributed by atoms with van der Waals surface area (Å²) in [6.45, 7) is 0.429. The largest absolute Gasteiger partial charge is 0.397 e. The summed E-state index contributed by atoms with van der Waals surface area (Å²) in [6.07, 6.45) is 6.41. The zero-order valence-electron chi connectivity index (χ0n) is 10.3. The van der Waals surface area contributed by atoms with Gasteiger partial charge in [-0.15, -0.1) is 0 Å². The Balaban J connectivity index is 2.04. The van der Waals surface area contributed by atoms with E-state index in [0.29, 0.717) is 23.6 Å². The number of pyridine rings is 1. The molecule has 0 unspecified atom stereocenters. The zero-order valence-corrected chi connectivity index (χ0v) is 10.3. The van der Waals surface area contributed by atoms with E-state index in [9.17, 15) is 5.11 Å². The van der Waals surface area contributed by atoms with Crippen molar-refractivity contribution in [2.75, 3.05) is 17.6 Å². The fourth-order valence-corrected chi connectivity index (χ4v) is 2.34. The summed E-state index contributed by atoms with van der Waals surface area (Å²) >= 11 is 0. The minimum absolute atomic E-state index is 0.411. The van der Waals surface area contributed by atoms with Crippen LogP contribution in [0.15, 0.2) is 12.3 Å². The van der Waals surface area contributed by atoms with Crippen molar-refractivity contribution in [2.24, 2.45) is 0 Å². The lowest BCUT2D eigenvalue weighted by Crippen LogP contribution is -2.39. The first-order valence-corrected chi connectivity index (χ1v) is 6.25. The summed E-state index contributed by atoms with van der Waals surface area (Å²) in [5.74, 6) is 0.491. The number of nitrogens with two attached hydrogens (primary N) is 1. The van der Waals surface area contributed by atoms with Crippen LogP contribution in [-0.2, 0) is 0 Å². The van der Waals surface area contributed by atoms with Crippen LogP contribution in [0.25, 0.3) is 0 Å². The van der Waals surface area contributed by atoms with Gasteiger partial charge < -0.3 is 16.2 Å². The second-order valence-electron chi connectivity index (χ2n) is 4.92. The van der Waals surface area contributed by atoms with Crippen LogP contribution in [0.4, 0.5) is 11.5 Å². The fraction of sp³-hybridized carbons (Fsp3) is 0.538. The van der Waals surface area contributed by atoms with Crippen molar-refractivity contribution in [1.82, 2.24) is 4.98 Å². The maximum absolute atomic E-state index is 10.4. The smallest absolute Gasteiger partial charge is 0.144 e. The third kappa shape index (κ3) is 2.90. The minimum Gasteiger partial charge on any atom is -0.397 e. The first-order valence-electron chi connectivity index (χ1n) is 6.25. The second kappa shape index (κ2) is 5.23. The number of rotatable bonds is 3. The van der Waals surface area contributed by atoms with E-state index in [1.165, 1.54) is 12.6 Å². The molecule has 0 radical (unpaired) electrons. The quantitative estimate of drug-likeness (QED) is 0.753. The highest BCUT2D eigenvalue weighted by molar-refractivity contribution is 5.57. The molecular weight excluding hydrogens is 228 g/mol. The van der Waals surface area contributed by atoms with Crippen LogP contribution in [0.2, 0.25) is 0 Å². The van der Waals surface area contributed by atoms with E-state index in [4.69, 9.17) is 11.0 Å². The molecule has 1 aliphatic carbocycles. The van der Waals surface area contributed by atoms with E-state index in [1.54, 1.807) is 6.07 Å². The lowest BCUT2D eigenvalue weighted by molar-refractivity contribution is 0.0166. The Labute approximate surface area is 107 Å². The van der Waals surface area contributed by atoms with Crippen LogP contribution in [0.3, 0.4) is 0 Å². The molecule has 0 spiro atoms. The third-order valence-electron chi connectivity index (χ3n) is 3.40. The maximum Gasteiger partial charge on any atom is 0.144 e. The third-order valence-corrected chi connectivity index (χ3v) is 3.40. The van der Waals surface area contributed by atoms with Crippen molar-refractivity contribution in [1.29, 1.82) is 5.26 Å². The molecule has 1 aromatic rings. The Morgan fingerprint density at radius 1 is 1.44 bits per heavy atom. The SMILES string of the molecule is N#Cc1cc(N)cnc1NCC1(O)CCCCC1. The number of nitrogens with zero attached hydrogens (tertiary/aromatic N) is 2. The molecule has 0 amide bonds. The van der Waals surface area contributed by atoms with Crippen LogP contribution in [0.1, 0.15) is 37.7 Å². The fourth-order valence-electron chi connectivity index (χ4n) is 2.34. The van der Waals surface area contributed by atoms with Crippen molar-refractivity contribution in [2.45, 2.75) is 37.7 Å². The van der Waals surface area contributed by atoms with Gasteiger partial charge in [0.2, 0.25) is 0 Å². The van der Waals surface area contributed by atoms with E-state index in [0.717, 1.165) is 25.7 Å². The molecule has 1 aromatic heterocycles. The Morgan fingerprint density at radius 3 is 2.83 bits per heavy atom.